The van der Waals surface area contributed by atoms with Gasteiger partial charge in [0.05, 0.1) is 0 Å². The van der Waals surface area contributed by atoms with E-state index in [2.05, 4.69) is 12.6 Å². The van der Waals surface area contributed by atoms with Crippen molar-refractivity contribution in [1.29, 1.82) is 0 Å². The molecule has 0 fully saturated rings. The molecule has 13 heavy (non-hydrogen) atoms. The Kier molecular flexibility index (Phi) is 4.12. The predicted octanol–water partition coefficient (Wildman–Crippen LogP) is 2.70. The normalized spacial score (nSPS) is 15.0. The minimum atomic E-state index is -0.269. The van der Waals surface area contributed by atoms with Crippen LogP contribution in [-0.4, -0.2) is 11.7 Å². The molecule has 0 saturated heterocycles. The Balaban J connectivity index is 2.41. The van der Waals surface area contributed by atoms with Crippen LogP contribution in [0.3, 0.4) is 0 Å². The first-order valence-electron chi connectivity index (χ1n) is 4.23. The van der Waals surface area contributed by atoms with Crippen LogP contribution in [0.25, 0.3) is 0 Å². The second kappa shape index (κ2) is 5.14. The van der Waals surface area contributed by atoms with Crippen LogP contribution >= 0.6 is 12.6 Å². The maximum atomic E-state index is 5.45. The lowest BCUT2D eigenvalue weighted by Gasteiger charge is -2.16. The van der Waals surface area contributed by atoms with Gasteiger partial charge in [0.25, 0.3) is 0 Å². The van der Waals surface area contributed by atoms with Gasteiger partial charge in [0.15, 0.2) is 6.29 Å². The lowest BCUT2D eigenvalue weighted by Crippen LogP contribution is -2.19. The van der Waals surface area contributed by atoms with Gasteiger partial charge in [0, 0.05) is 0 Å². The number of ether oxygens (including phenoxy) is 2. The van der Waals surface area contributed by atoms with Crippen LogP contribution in [0, 0.1) is 0 Å². The molecule has 1 rings (SSSR count). The Morgan fingerprint density at radius 3 is 2.31 bits per heavy atom. The molecule has 0 heterocycles. The largest absolute Gasteiger partial charge is 0.465 e. The maximum Gasteiger partial charge on any atom is 0.198 e. The summed E-state index contributed by atoms with van der Waals surface area (Å²) in [4.78, 5) is 0. The Bertz CT molecular complexity index is 236. The zero-order valence-corrected chi connectivity index (χ0v) is 8.70. The third-order valence-electron chi connectivity index (χ3n) is 1.43. The summed E-state index contributed by atoms with van der Waals surface area (Å²) in [6.07, 6.45) is -0.269. The third kappa shape index (κ3) is 4.20. The van der Waals surface area contributed by atoms with E-state index in [0.717, 1.165) is 5.75 Å². The molecule has 0 spiro atoms. The highest BCUT2D eigenvalue weighted by atomic mass is 32.1. The van der Waals surface area contributed by atoms with Crippen LogP contribution in [0.5, 0.6) is 5.75 Å². The minimum Gasteiger partial charge on any atom is -0.465 e. The number of rotatable bonds is 4. The number of benzene rings is 1. The van der Waals surface area contributed by atoms with Crippen LogP contribution in [0.1, 0.15) is 13.8 Å². The lowest BCUT2D eigenvalue weighted by atomic mass is 10.3. The van der Waals surface area contributed by atoms with E-state index in [9.17, 15) is 0 Å². The lowest BCUT2D eigenvalue weighted by molar-refractivity contribution is -0.0725. The first kappa shape index (κ1) is 10.4. The highest BCUT2D eigenvalue weighted by molar-refractivity contribution is 7.80. The minimum absolute atomic E-state index is 0.112. The second-order valence-electron chi connectivity index (χ2n) is 2.73. The van der Waals surface area contributed by atoms with Crippen molar-refractivity contribution in [2.45, 2.75) is 25.6 Å². The van der Waals surface area contributed by atoms with Crippen molar-refractivity contribution in [3.63, 3.8) is 0 Å². The molecule has 0 aromatic heterocycles. The van der Waals surface area contributed by atoms with E-state index in [0.29, 0.717) is 0 Å². The van der Waals surface area contributed by atoms with Gasteiger partial charge in [-0.1, -0.05) is 18.2 Å². The van der Waals surface area contributed by atoms with E-state index in [1.54, 1.807) is 0 Å². The average molecular weight is 198 g/mol. The van der Waals surface area contributed by atoms with Gasteiger partial charge in [-0.2, -0.15) is 0 Å². The molecule has 2 unspecified atom stereocenters. The van der Waals surface area contributed by atoms with E-state index in [1.807, 2.05) is 44.2 Å². The average Bonchev–Trinajstić information content (AvgIpc) is 2.04. The van der Waals surface area contributed by atoms with Crippen molar-refractivity contribution in [1.82, 2.24) is 0 Å². The first-order valence-corrected chi connectivity index (χ1v) is 4.75. The fourth-order valence-corrected chi connectivity index (χ4v) is 1.17. The Morgan fingerprint density at radius 1 is 1.15 bits per heavy atom. The van der Waals surface area contributed by atoms with Crippen molar-refractivity contribution in [2.24, 2.45) is 0 Å². The molecule has 0 bridgehead atoms. The Morgan fingerprint density at radius 2 is 1.77 bits per heavy atom. The van der Waals surface area contributed by atoms with Gasteiger partial charge in [-0.15, -0.1) is 12.6 Å². The summed E-state index contributed by atoms with van der Waals surface area (Å²) >= 11 is 4.10. The van der Waals surface area contributed by atoms with Crippen molar-refractivity contribution < 1.29 is 9.47 Å². The molecule has 2 atom stereocenters. The van der Waals surface area contributed by atoms with Crippen LogP contribution in [0.15, 0.2) is 30.3 Å². The zero-order chi connectivity index (χ0) is 9.68. The fraction of sp³-hybridized carbons (Fsp3) is 0.400. The molecule has 0 aliphatic heterocycles. The van der Waals surface area contributed by atoms with Crippen molar-refractivity contribution in [3.05, 3.63) is 30.3 Å². The smallest absolute Gasteiger partial charge is 0.198 e. The Labute approximate surface area is 84.3 Å². The van der Waals surface area contributed by atoms with Gasteiger partial charge in [0.1, 0.15) is 11.2 Å². The molecule has 0 aliphatic rings. The summed E-state index contributed by atoms with van der Waals surface area (Å²) in [7, 11) is 0. The zero-order valence-electron chi connectivity index (χ0n) is 7.81. The molecule has 0 saturated carbocycles. The van der Waals surface area contributed by atoms with E-state index in [1.165, 1.54) is 0 Å². The molecule has 0 aliphatic carbocycles. The van der Waals surface area contributed by atoms with Crippen LogP contribution in [0.2, 0.25) is 0 Å². The number of para-hydroxylation sites is 1. The maximum absolute atomic E-state index is 5.45. The molecule has 0 amide bonds. The summed E-state index contributed by atoms with van der Waals surface area (Å²) in [5.74, 6) is 0.809. The number of hydrogen-bond acceptors (Lipinski definition) is 3. The van der Waals surface area contributed by atoms with Gasteiger partial charge in [-0.05, 0) is 26.0 Å². The highest BCUT2D eigenvalue weighted by Gasteiger charge is 2.05. The molecule has 72 valence electrons. The highest BCUT2D eigenvalue weighted by Crippen LogP contribution is 2.12. The van der Waals surface area contributed by atoms with Crippen LogP contribution in [-0.2, 0) is 4.74 Å². The van der Waals surface area contributed by atoms with Gasteiger partial charge in [-0.3, -0.25) is 0 Å². The molecule has 2 nitrogen and oxygen atoms in total. The fourth-order valence-electron chi connectivity index (χ4n) is 0.996. The monoisotopic (exact) mass is 198 g/mol. The molecular weight excluding hydrogens is 184 g/mol. The molecular formula is C10H14O2S. The van der Waals surface area contributed by atoms with Crippen LogP contribution < -0.4 is 4.74 Å². The molecule has 1 aromatic rings. The quantitative estimate of drug-likeness (QED) is 0.592. The summed E-state index contributed by atoms with van der Waals surface area (Å²) in [6.45, 7) is 3.70. The standard InChI is InChI=1S/C10H14O2S/c1-8(11-9(2)13)12-10-6-4-3-5-7-10/h3-9,13H,1-2H3. The van der Waals surface area contributed by atoms with E-state index < -0.39 is 0 Å². The van der Waals surface area contributed by atoms with Gasteiger partial charge < -0.3 is 9.47 Å². The van der Waals surface area contributed by atoms with E-state index >= 15 is 0 Å². The topological polar surface area (TPSA) is 18.5 Å². The van der Waals surface area contributed by atoms with Crippen molar-refractivity contribution >= 4 is 12.6 Å². The van der Waals surface area contributed by atoms with Crippen molar-refractivity contribution in [2.75, 3.05) is 0 Å². The predicted molar refractivity (Wildman–Crippen MR) is 56.1 cm³/mol. The Hall–Kier alpha value is -0.670. The number of hydrogen-bond donors (Lipinski definition) is 1. The van der Waals surface area contributed by atoms with E-state index in [4.69, 9.17) is 9.47 Å². The van der Waals surface area contributed by atoms with Gasteiger partial charge in [0.2, 0.25) is 0 Å². The van der Waals surface area contributed by atoms with Gasteiger partial charge >= 0.3 is 0 Å². The van der Waals surface area contributed by atoms with Gasteiger partial charge in [-0.25, -0.2) is 0 Å². The van der Waals surface area contributed by atoms with Crippen molar-refractivity contribution in [3.8, 4) is 5.75 Å². The van der Waals surface area contributed by atoms with Crippen LogP contribution in [0.4, 0.5) is 0 Å². The second-order valence-corrected chi connectivity index (χ2v) is 3.46. The summed E-state index contributed by atoms with van der Waals surface area (Å²) in [5.41, 5.74) is -0.112. The first-order chi connectivity index (χ1) is 6.18. The molecule has 1 aromatic carbocycles. The molecule has 0 N–H and O–H groups in total. The summed E-state index contributed by atoms with van der Waals surface area (Å²) < 4.78 is 10.8. The summed E-state index contributed by atoms with van der Waals surface area (Å²) in [5, 5.41) is 0. The number of thiol groups is 1. The summed E-state index contributed by atoms with van der Waals surface area (Å²) in [6, 6.07) is 9.57. The van der Waals surface area contributed by atoms with E-state index in [-0.39, 0.29) is 11.7 Å². The molecule has 0 radical (unpaired) electrons. The third-order valence-corrected chi connectivity index (χ3v) is 1.56. The SMILES string of the molecule is CC(S)OC(C)Oc1ccccc1. The molecule has 3 heteroatoms.